The van der Waals surface area contributed by atoms with Crippen LogP contribution < -0.4 is 0 Å². The summed E-state index contributed by atoms with van der Waals surface area (Å²) < 4.78 is 0. The highest BCUT2D eigenvalue weighted by Crippen LogP contribution is 2.20. The Labute approximate surface area is 99.7 Å². The number of Topliss-reactive ketones (excluding diaryl/α,β-unsaturated/α-hetero) is 1. The number of aromatic nitrogens is 1. The molecule has 2 rings (SSSR count). The molecular weight excluding hydrogens is 212 g/mol. The minimum atomic E-state index is -0.285. The van der Waals surface area contributed by atoms with E-state index in [1.807, 2.05) is 30.3 Å². The Kier molecular flexibility index (Phi) is 3.15. The van der Waals surface area contributed by atoms with Crippen molar-refractivity contribution in [2.24, 2.45) is 5.92 Å². The van der Waals surface area contributed by atoms with Crippen LogP contribution in [0.25, 0.3) is 10.9 Å². The van der Waals surface area contributed by atoms with Crippen molar-refractivity contribution in [1.82, 2.24) is 4.98 Å². The lowest BCUT2D eigenvalue weighted by molar-refractivity contribution is 0.0933. The first-order chi connectivity index (χ1) is 8.24. The van der Waals surface area contributed by atoms with Gasteiger partial charge in [0, 0.05) is 29.5 Å². The van der Waals surface area contributed by atoms with Gasteiger partial charge in [-0.25, -0.2) is 0 Å². The van der Waals surface area contributed by atoms with Crippen molar-refractivity contribution in [3.05, 3.63) is 42.1 Å². The summed E-state index contributed by atoms with van der Waals surface area (Å²) in [6.07, 6.45) is 1.91. The van der Waals surface area contributed by atoms with Crippen LogP contribution in [-0.4, -0.2) is 10.8 Å². The normalized spacial score (nSPS) is 12.0. The van der Waals surface area contributed by atoms with Crippen molar-refractivity contribution in [1.29, 1.82) is 5.26 Å². The molecule has 0 bridgehead atoms. The van der Waals surface area contributed by atoms with E-state index in [-0.39, 0.29) is 18.1 Å². The number of para-hydroxylation sites is 1. The molecule has 0 saturated carbocycles. The van der Waals surface area contributed by atoms with E-state index in [0.29, 0.717) is 11.1 Å². The zero-order valence-electron chi connectivity index (χ0n) is 9.55. The van der Waals surface area contributed by atoms with E-state index in [1.165, 1.54) is 0 Å². The lowest BCUT2D eigenvalue weighted by Crippen LogP contribution is -2.11. The maximum atomic E-state index is 12.2. The van der Waals surface area contributed by atoms with Gasteiger partial charge in [0.25, 0.3) is 0 Å². The zero-order valence-corrected chi connectivity index (χ0v) is 9.55. The zero-order chi connectivity index (χ0) is 12.3. The van der Waals surface area contributed by atoms with Crippen LogP contribution in [0.3, 0.4) is 0 Å². The Morgan fingerprint density at radius 2 is 2.18 bits per heavy atom. The van der Waals surface area contributed by atoms with Gasteiger partial charge in [0.1, 0.15) is 0 Å². The lowest BCUT2D eigenvalue weighted by atomic mass is 9.95. The van der Waals surface area contributed by atoms with Crippen molar-refractivity contribution in [3.8, 4) is 6.07 Å². The number of rotatable bonds is 3. The Balaban J connectivity index is 2.49. The van der Waals surface area contributed by atoms with Crippen LogP contribution in [0.15, 0.2) is 36.5 Å². The number of nitrogens with zero attached hydrogens (tertiary/aromatic N) is 2. The second kappa shape index (κ2) is 4.75. The highest BCUT2D eigenvalue weighted by atomic mass is 16.1. The van der Waals surface area contributed by atoms with E-state index in [1.54, 1.807) is 19.2 Å². The Bertz CT molecular complexity index is 593. The van der Waals surface area contributed by atoms with Crippen LogP contribution in [0.2, 0.25) is 0 Å². The monoisotopic (exact) mass is 224 g/mol. The van der Waals surface area contributed by atoms with Crippen molar-refractivity contribution in [2.75, 3.05) is 0 Å². The van der Waals surface area contributed by atoms with Gasteiger partial charge < -0.3 is 0 Å². The number of nitriles is 1. The molecule has 0 amide bonds. The predicted molar refractivity (Wildman–Crippen MR) is 65.5 cm³/mol. The summed E-state index contributed by atoms with van der Waals surface area (Å²) in [7, 11) is 0. The third kappa shape index (κ3) is 2.16. The number of fused-ring (bicyclic) bond motifs is 1. The molecule has 1 aromatic heterocycles. The maximum absolute atomic E-state index is 12.2. The fourth-order valence-corrected chi connectivity index (χ4v) is 1.80. The lowest BCUT2D eigenvalue weighted by Gasteiger charge is -2.08. The third-order valence-corrected chi connectivity index (χ3v) is 2.74. The molecule has 0 radical (unpaired) electrons. The molecule has 1 aromatic carbocycles. The first-order valence-corrected chi connectivity index (χ1v) is 5.49. The molecule has 0 aliphatic carbocycles. The van der Waals surface area contributed by atoms with Gasteiger partial charge in [0.15, 0.2) is 5.78 Å². The van der Waals surface area contributed by atoms with E-state index in [0.717, 1.165) is 5.39 Å². The smallest absolute Gasteiger partial charge is 0.168 e. The van der Waals surface area contributed by atoms with Crippen LogP contribution in [-0.2, 0) is 0 Å². The van der Waals surface area contributed by atoms with Crippen LogP contribution in [0, 0.1) is 17.2 Å². The number of benzene rings is 1. The molecule has 84 valence electrons. The number of pyridine rings is 1. The van der Waals surface area contributed by atoms with Gasteiger partial charge in [0.05, 0.1) is 11.6 Å². The number of hydrogen-bond acceptors (Lipinski definition) is 3. The Morgan fingerprint density at radius 1 is 1.41 bits per heavy atom. The number of hydrogen-bond donors (Lipinski definition) is 0. The molecule has 2 aromatic rings. The molecule has 1 unspecified atom stereocenters. The van der Waals surface area contributed by atoms with Crippen molar-refractivity contribution < 1.29 is 4.79 Å². The Hall–Kier alpha value is -2.21. The topological polar surface area (TPSA) is 53.8 Å². The first kappa shape index (κ1) is 11.3. The van der Waals surface area contributed by atoms with E-state index < -0.39 is 0 Å². The van der Waals surface area contributed by atoms with Gasteiger partial charge in [-0.3, -0.25) is 9.78 Å². The molecule has 0 spiro atoms. The second-order valence-electron chi connectivity index (χ2n) is 4.01. The maximum Gasteiger partial charge on any atom is 0.168 e. The molecule has 3 heteroatoms. The van der Waals surface area contributed by atoms with Gasteiger partial charge in [-0.05, 0) is 12.1 Å². The molecule has 17 heavy (non-hydrogen) atoms. The Morgan fingerprint density at radius 3 is 2.94 bits per heavy atom. The van der Waals surface area contributed by atoms with Crippen molar-refractivity contribution >= 4 is 16.7 Å². The summed E-state index contributed by atoms with van der Waals surface area (Å²) in [5.41, 5.74) is 1.32. The largest absolute Gasteiger partial charge is 0.294 e. The predicted octanol–water partition coefficient (Wildman–Crippen LogP) is 2.97. The fourth-order valence-electron chi connectivity index (χ4n) is 1.80. The molecule has 1 heterocycles. The highest BCUT2D eigenvalue weighted by Gasteiger charge is 2.17. The van der Waals surface area contributed by atoms with Crippen molar-refractivity contribution in [3.63, 3.8) is 0 Å². The molecular formula is C14H12N2O. The minimum absolute atomic E-state index is 0.0177. The standard InChI is InChI=1S/C14H12N2O/c1-10(7-8-15)14(17)12-6-2-4-11-5-3-9-16-13(11)12/h2-6,9-10H,7H2,1H3. The highest BCUT2D eigenvalue weighted by molar-refractivity contribution is 6.07. The first-order valence-electron chi connectivity index (χ1n) is 5.49. The van der Waals surface area contributed by atoms with Crippen LogP contribution >= 0.6 is 0 Å². The average Bonchev–Trinajstić information content (AvgIpc) is 2.37. The van der Waals surface area contributed by atoms with E-state index in [4.69, 9.17) is 5.26 Å². The molecule has 0 aliphatic rings. The number of carbonyl (C=O) groups is 1. The quantitative estimate of drug-likeness (QED) is 0.753. The number of carbonyl (C=O) groups excluding carboxylic acids is 1. The fraction of sp³-hybridized carbons (Fsp3) is 0.214. The van der Waals surface area contributed by atoms with Crippen LogP contribution in [0.1, 0.15) is 23.7 Å². The van der Waals surface area contributed by atoms with Gasteiger partial charge in [0.2, 0.25) is 0 Å². The van der Waals surface area contributed by atoms with Gasteiger partial charge in [-0.2, -0.15) is 5.26 Å². The molecule has 1 atom stereocenters. The average molecular weight is 224 g/mol. The summed E-state index contributed by atoms with van der Waals surface area (Å²) in [5.74, 6) is -0.302. The SMILES string of the molecule is CC(CC#N)C(=O)c1cccc2cccnc12. The minimum Gasteiger partial charge on any atom is -0.294 e. The van der Waals surface area contributed by atoms with Gasteiger partial charge in [-0.1, -0.05) is 25.1 Å². The molecule has 0 saturated heterocycles. The van der Waals surface area contributed by atoms with Crippen LogP contribution in [0.4, 0.5) is 0 Å². The van der Waals surface area contributed by atoms with E-state index in [9.17, 15) is 4.79 Å². The van der Waals surface area contributed by atoms with Crippen molar-refractivity contribution in [2.45, 2.75) is 13.3 Å². The summed E-state index contributed by atoms with van der Waals surface area (Å²) in [5, 5.41) is 9.57. The molecule has 0 fully saturated rings. The molecule has 0 N–H and O–H groups in total. The van der Waals surface area contributed by atoms with Crippen LogP contribution in [0.5, 0.6) is 0 Å². The summed E-state index contributed by atoms with van der Waals surface area (Å²) >= 11 is 0. The second-order valence-corrected chi connectivity index (χ2v) is 4.01. The summed E-state index contributed by atoms with van der Waals surface area (Å²) in [4.78, 5) is 16.4. The molecule has 0 aliphatic heterocycles. The third-order valence-electron chi connectivity index (χ3n) is 2.74. The summed E-state index contributed by atoms with van der Waals surface area (Å²) in [6.45, 7) is 1.77. The summed E-state index contributed by atoms with van der Waals surface area (Å²) in [6, 6.07) is 11.3. The van der Waals surface area contributed by atoms with E-state index in [2.05, 4.69) is 4.98 Å². The molecule has 3 nitrogen and oxygen atoms in total. The van der Waals surface area contributed by atoms with Gasteiger partial charge in [-0.15, -0.1) is 0 Å². The van der Waals surface area contributed by atoms with Gasteiger partial charge >= 0.3 is 0 Å². The van der Waals surface area contributed by atoms with E-state index >= 15 is 0 Å². The number of ketones is 1.